The standard InChI is InChI=1S/C22H26N4O3S/c1-5-28-16-10-8-15(9-11-16)22-23-13(4)18(30-22)20(27)24-17(12(2)3)21-25-19(26-29-21)14-6-7-14/h8-12,14,17H,5-7H2,1-4H3,(H,24,27). The van der Waals surface area contributed by atoms with Gasteiger partial charge in [0.05, 0.1) is 12.3 Å². The number of carbonyl (C=O) groups excluding carboxylic acids is 1. The third-order valence-electron chi connectivity index (χ3n) is 5.03. The number of ether oxygens (including phenoxy) is 1. The Morgan fingerprint density at radius 2 is 2.00 bits per heavy atom. The number of hydrogen-bond acceptors (Lipinski definition) is 7. The molecular formula is C22H26N4O3S. The van der Waals surface area contributed by atoms with Gasteiger partial charge in [0, 0.05) is 11.5 Å². The fourth-order valence-electron chi connectivity index (χ4n) is 3.19. The summed E-state index contributed by atoms with van der Waals surface area (Å²) in [6.07, 6.45) is 2.21. The molecule has 0 radical (unpaired) electrons. The third-order valence-corrected chi connectivity index (χ3v) is 6.24. The van der Waals surface area contributed by atoms with Crippen molar-refractivity contribution in [3.05, 3.63) is 46.6 Å². The highest BCUT2D eigenvalue weighted by atomic mass is 32.1. The van der Waals surface area contributed by atoms with Gasteiger partial charge in [-0.3, -0.25) is 4.79 Å². The lowest BCUT2D eigenvalue weighted by Gasteiger charge is -2.18. The lowest BCUT2D eigenvalue weighted by molar-refractivity contribution is 0.0917. The van der Waals surface area contributed by atoms with Gasteiger partial charge in [-0.25, -0.2) is 4.98 Å². The van der Waals surface area contributed by atoms with E-state index in [1.165, 1.54) is 11.3 Å². The van der Waals surface area contributed by atoms with Gasteiger partial charge >= 0.3 is 0 Å². The number of hydrogen-bond donors (Lipinski definition) is 1. The van der Waals surface area contributed by atoms with Crippen molar-refractivity contribution in [2.45, 2.75) is 52.5 Å². The first-order chi connectivity index (χ1) is 14.5. The molecule has 1 aliphatic rings. The van der Waals surface area contributed by atoms with E-state index in [-0.39, 0.29) is 17.9 Å². The second-order valence-corrected chi connectivity index (χ2v) is 8.85. The number of carbonyl (C=O) groups is 1. The molecule has 2 heterocycles. The van der Waals surface area contributed by atoms with Crippen molar-refractivity contribution in [2.75, 3.05) is 6.61 Å². The van der Waals surface area contributed by atoms with Crippen molar-refractivity contribution in [1.29, 1.82) is 0 Å². The molecule has 0 spiro atoms. The zero-order chi connectivity index (χ0) is 21.3. The van der Waals surface area contributed by atoms with Crippen LogP contribution in [-0.4, -0.2) is 27.6 Å². The molecule has 1 aromatic carbocycles. The Kier molecular flexibility index (Phi) is 5.85. The Bertz CT molecular complexity index is 1020. The van der Waals surface area contributed by atoms with E-state index in [1.54, 1.807) is 0 Å². The maximum atomic E-state index is 13.0. The molecule has 1 atom stereocenters. The molecule has 1 saturated carbocycles. The van der Waals surface area contributed by atoms with E-state index >= 15 is 0 Å². The van der Waals surface area contributed by atoms with Crippen molar-refractivity contribution in [3.63, 3.8) is 0 Å². The van der Waals surface area contributed by atoms with Crippen LogP contribution < -0.4 is 10.1 Å². The second-order valence-electron chi connectivity index (χ2n) is 7.85. The molecule has 1 N–H and O–H groups in total. The number of amides is 1. The molecule has 1 fully saturated rings. The van der Waals surface area contributed by atoms with Gasteiger partial charge < -0.3 is 14.6 Å². The van der Waals surface area contributed by atoms with E-state index in [0.717, 1.165) is 35.0 Å². The van der Waals surface area contributed by atoms with E-state index in [2.05, 4.69) is 20.4 Å². The molecular weight excluding hydrogens is 400 g/mol. The summed E-state index contributed by atoms with van der Waals surface area (Å²) in [5.41, 5.74) is 1.66. The minimum atomic E-state index is -0.340. The lowest BCUT2D eigenvalue weighted by Crippen LogP contribution is -2.32. The van der Waals surface area contributed by atoms with Gasteiger partial charge in [0.25, 0.3) is 5.91 Å². The highest BCUT2D eigenvalue weighted by Crippen LogP contribution is 2.39. The van der Waals surface area contributed by atoms with Gasteiger partial charge in [0.1, 0.15) is 21.7 Å². The van der Waals surface area contributed by atoms with Crippen LogP contribution in [0.15, 0.2) is 28.8 Å². The van der Waals surface area contributed by atoms with E-state index in [0.29, 0.717) is 29.0 Å². The first-order valence-electron chi connectivity index (χ1n) is 10.3. The maximum absolute atomic E-state index is 13.0. The molecule has 158 valence electrons. The highest BCUT2D eigenvalue weighted by Gasteiger charge is 2.32. The fourth-order valence-corrected chi connectivity index (χ4v) is 4.17. The molecule has 1 amide bonds. The van der Waals surface area contributed by atoms with Crippen LogP contribution in [0.25, 0.3) is 10.6 Å². The number of thiazole rings is 1. The van der Waals surface area contributed by atoms with Gasteiger partial charge in [0.15, 0.2) is 5.82 Å². The normalized spacial score (nSPS) is 14.7. The molecule has 1 aliphatic carbocycles. The minimum absolute atomic E-state index is 0.111. The fraction of sp³-hybridized carbons (Fsp3) is 0.455. The summed E-state index contributed by atoms with van der Waals surface area (Å²) in [6.45, 7) is 8.48. The Balaban J connectivity index is 1.51. The SMILES string of the molecule is CCOc1ccc(-c2nc(C)c(C(=O)NC(c3nc(C4CC4)no3)C(C)C)s2)cc1. The zero-order valence-electron chi connectivity index (χ0n) is 17.6. The molecule has 0 aliphatic heterocycles. The van der Waals surface area contributed by atoms with Crippen LogP contribution in [0.2, 0.25) is 0 Å². The summed E-state index contributed by atoms with van der Waals surface area (Å²) in [5.74, 6) is 2.38. The summed E-state index contributed by atoms with van der Waals surface area (Å²) >= 11 is 1.38. The average molecular weight is 427 g/mol. The van der Waals surface area contributed by atoms with Crippen LogP contribution in [0.4, 0.5) is 0 Å². The molecule has 2 aromatic heterocycles. The molecule has 1 unspecified atom stereocenters. The molecule has 0 bridgehead atoms. The Labute approximate surface area is 179 Å². The van der Waals surface area contributed by atoms with Crippen molar-refractivity contribution in [2.24, 2.45) is 5.92 Å². The smallest absolute Gasteiger partial charge is 0.263 e. The maximum Gasteiger partial charge on any atom is 0.263 e. The van der Waals surface area contributed by atoms with Crippen molar-refractivity contribution in [1.82, 2.24) is 20.4 Å². The Hall–Kier alpha value is -2.74. The summed E-state index contributed by atoms with van der Waals surface area (Å²) in [7, 11) is 0. The predicted octanol–water partition coefficient (Wildman–Crippen LogP) is 4.90. The molecule has 7 nitrogen and oxygen atoms in total. The predicted molar refractivity (Wildman–Crippen MR) is 115 cm³/mol. The first kappa shape index (κ1) is 20.5. The zero-order valence-corrected chi connectivity index (χ0v) is 18.5. The van der Waals surface area contributed by atoms with Crippen LogP contribution in [0, 0.1) is 12.8 Å². The lowest BCUT2D eigenvalue weighted by atomic mass is 10.0. The Morgan fingerprint density at radius 1 is 1.27 bits per heavy atom. The highest BCUT2D eigenvalue weighted by molar-refractivity contribution is 7.17. The third kappa shape index (κ3) is 4.38. The number of nitrogens with zero attached hydrogens (tertiary/aromatic N) is 3. The number of rotatable bonds is 8. The van der Waals surface area contributed by atoms with E-state index in [4.69, 9.17) is 9.26 Å². The largest absolute Gasteiger partial charge is 0.494 e. The van der Waals surface area contributed by atoms with Gasteiger partial charge in [0.2, 0.25) is 5.89 Å². The molecule has 4 rings (SSSR count). The first-order valence-corrected chi connectivity index (χ1v) is 11.1. The average Bonchev–Trinajstić information content (AvgIpc) is 3.33. The van der Waals surface area contributed by atoms with Crippen LogP contribution in [0.3, 0.4) is 0 Å². The van der Waals surface area contributed by atoms with Crippen LogP contribution >= 0.6 is 11.3 Å². The molecule has 3 aromatic rings. The number of benzene rings is 1. The van der Waals surface area contributed by atoms with Gasteiger partial charge in [-0.1, -0.05) is 19.0 Å². The summed E-state index contributed by atoms with van der Waals surface area (Å²) in [5, 5.41) is 7.96. The summed E-state index contributed by atoms with van der Waals surface area (Å²) in [4.78, 5) is 22.8. The minimum Gasteiger partial charge on any atom is -0.494 e. The quantitative estimate of drug-likeness (QED) is 0.551. The van der Waals surface area contributed by atoms with Crippen molar-refractivity contribution in [3.8, 4) is 16.3 Å². The summed E-state index contributed by atoms with van der Waals surface area (Å²) < 4.78 is 11.0. The number of aromatic nitrogens is 3. The molecule has 30 heavy (non-hydrogen) atoms. The van der Waals surface area contributed by atoms with Crippen molar-refractivity contribution >= 4 is 17.2 Å². The topological polar surface area (TPSA) is 90.1 Å². The van der Waals surface area contributed by atoms with Crippen molar-refractivity contribution < 1.29 is 14.1 Å². The van der Waals surface area contributed by atoms with Crippen LogP contribution in [0.5, 0.6) is 5.75 Å². The van der Waals surface area contributed by atoms with Gasteiger partial charge in [-0.15, -0.1) is 11.3 Å². The Morgan fingerprint density at radius 3 is 2.63 bits per heavy atom. The van der Waals surface area contributed by atoms with E-state index in [1.807, 2.05) is 52.0 Å². The van der Waals surface area contributed by atoms with Gasteiger partial charge in [-0.2, -0.15) is 4.98 Å². The van der Waals surface area contributed by atoms with Crippen LogP contribution in [-0.2, 0) is 0 Å². The second kappa shape index (κ2) is 8.55. The monoisotopic (exact) mass is 426 g/mol. The number of nitrogens with one attached hydrogen (secondary N) is 1. The van der Waals surface area contributed by atoms with E-state index in [9.17, 15) is 4.79 Å². The van der Waals surface area contributed by atoms with Gasteiger partial charge in [-0.05, 0) is 56.9 Å². The molecule has 8 heteroatoms. The summed E-state index contributed by atoms with van der Waals surface area (Å²) in [6, 6.07) is 7.40. The van der Waals surface area contributed by atoms with E-state index < -0.39 is 0 Å². The molecule has 0 saturated heterocycles. The number of aryl methyl sites for hydroxylation is 1. The van der Waals surface area contributed by atoms with Crippen LogP contribution in [0.1, 0.15) is 72.7 Å².